The highest BCUT2D eigenvalue weighted by atomic mass is 16.5. The smallest absolute Gasteiger partial charge is 0.134 e. The van der Waals surface area contributed by atoms with E-state index in [-0.39, 0.29) is 18.2 Å². The highest BCUT2D eigenvalue weighted by Crippen LogP contribution is 2.29. The number of aromatic nitrogens is 2. The predicted molar refractivity (Wildman–Crippen MR) is 110 cm³/mol. The van der Waals surface area contributed by atoms with E-state index in [1.165, 1.54) is 0 Å². The van der Waals surface area contributed by atoms with E-state index in [1.54, 1.807) is 18.5 Å². The van der Waals surface area contributed by atoms with E-state index in [9.17, 15) is 5.11 Å². The molecule has 2 aromatic rings. The number of nitriles is 1. The maximum atomic E-state index is 10.1. The van der Waals surface area contributed by atoms with Crippen LogP contribution >= 0.6 is 0 Å². The molecule has 3 heterocycles. The third-order valence-electron chi connectivity index (χ3n) is 5.36. The van der Waals surface area contributed by atoms with Crippen LogP contribution in [0.4, 0.5) is 11.6 Å². The molecule has 0 bridgehead atoms. The minimum absolute atomic E-state index is 0.0939. The average molecular weight is 394 g/mol. The highest BCUT2D eigenvalue weighted by Gasteiger charge is 2.34. The van der Waals surface area contributed by atoms with Crippen molar-refractivity contribution in [3.63, 3.8) is 0 Å². The van der Waals surface area contributed by atoms with E-state index >= 15 is 0 Å². The number of likely N-dealkylation sites (N-methyl/N-ethyl adjacent to an activating group) is 1. The molecule has 29 heavy (non-hydrogen) atoms. The van der Waals surface area contributed by atoms with Gasteiger partial charge in [0.05, 0.1) is 30.8 Å². The summed E-state index contributed by atoms with van der Waals surface area (Å²) in [7, 11) is 4.09. The van der Waals surface area contributed by atoms with Gasteiger partial charge >= 0.3 is 0 Å². The van der Waals surface area contributed by atoms with E-state index in [0.717, 1.165) is 43.4 Å². The van der Waals surface area contributed by atoms with Gasteiger partial charge in [-0.15, -0.1) is 0 Å². The monoisotopic (exact) mass is 394 g/mol. The Kier molecular flexibility index (Phi) is 5.51. The SMILES string of the molecule is CN(C)C[C@H]1C[C@@H](O)CN1c1cc(N2CC(Oc3ccc(C#N)cc3)C2)ncn1. The molecular formula is C21H26N6O2. The number of benzene rings is 1. The summed E-state index contributed by atoms with van der Waals surface area (Å²) in [5.74, 6) is 2.50. The maximum absolute atomic E-state index is 10.1. The summed E-state index contributed by atoms with van der Waals surface area (Å²) >= 11 is 0. The molecular weight excluding hydrogens is 368 g/mol. The molecule has 2 fully saturated rings. The molecule has 0 unspecified atom stereocenters. The van der Waals surface area contributed by atoms with E-state index in [2.05, 4.69) is 30.7 Å². The van der Waals surface area contributed by atoms with Crippen LogP contribution in [0.15, 0.2) is 36.7 Å². The first-order valence-corrected chi connectivity index (χ1v) is 9.85. The molecule has 0 radical (unpaired) electrons. The van der Waals surface area contributed by atoms with Gasteiger partial charge in [-0.1, -0.05) is 0 Å². The van der Waals surface area contributed by atoms with Crippen molar-refractivity contribution in [2.45, 2.75) is 24.7 Å². The minimum Gasteiger partial charge on any atom is -0.487 e. The van der Waals surface area contributed by atoms with Crippen LogP contribution in [0.5, 0.6) is 5.75 Å². The first-order valence-electron chi connectivity index (χ1n) is 9.85. The van der Waals surface area contributed by atoms with Gasteiger partial charge in [0.15, 0.2) is 0 Å². The van der Waals surface area contributed by atoms with Gasteiger partial charge in [0.2, 0.25) is 0 Å². The topological polar surface area (TPSA) is 88.8 Å². The largest absolute Gasteiger partial charge is 0.487 e. The summed E-state index contributed by atoms with van der Waals surface area (Å²) in [6.45, 7) is 2.97. The summed E-state index contributed by atoms with van der Waals surface area (Å²) in [6, 6.07) is 11.5. The first kappa shape index (κ1) is 19.4. The highest BCUT2D eigenvalue weighted by molar-refractivity contribution is 5.53. The molecule has 0 aliphatic carbocycles. The normalized spacial score (nSPS) is 21.9. The van der Waals surface area contributed by atoms with Crippen molar-refractivity contribution in [2.75, 3.05) is 50.1 Å². The molecule has 4 rings (SSSR count). The summed E-state index contributed by atoms with van der Waals surface area (Å²) in [5, 5.41) is 19.0. The number of aliphatic hydroxyl groups excluding tert-OH is 1. The fraction of sp³-hybridized carbons (Fsp3) is 0.476. The summed E-state index contributed by atoms with van der Waals surface area (Å²) in [4.78, 5) is 15.4. The summed E-state index contributed by atoms with van der Waals surface area (Å²) < 4.78 is 5.96. The number of rotatable bonds is 6. The second-order valence-corrected chi connectivity index (χ2v) is 7.97. The van der Waals surface area contributed by atoms with E-state index in [0.29, 0.717) is 12.1 Å². The minimum atomic E-state index is -0.326. The Balaban J connectivity index is 1.38. The summed E-state index contributed by atoms with van der Waals surface area (Å²) in [5.41, 5.74) is 0.626. The zero-order valence-corrected chi connectivity index (χ0v) is 16.8. The standard InChI is InChI=1S/C21H26N6O2/c1-25(2)10-16-7-17(28)11-27(16)21-8-20(23-14-24-21)26-12-19(13-26)29-18-5-3-15(9-22)4-6-18/h3-6,8,14,16-17,19,28H,7,10-13H2,1-2H3/t16-,17-/m1/s1. The molecule has 2 aliphatic rings. The molecule has 1 aromatic heterocycles. The zero-order chi connectivity index (χ0) is 20.4. The van der Waals surface area contributed by atoms with E-state index in [4.69, 9.17) is 10.00 Å². The van der Waals surface area contributed by atoms with Crippen LogP contribution in [-0.4, -0.2) is 78.5 Å². The lowest BCUT2D eigenvalue weighted by atomic mass is 10.1. The summed E-state index contributed by atoms with van der Waals surface area (Å²) in [6.07, 6.45) is 2.11. The molecule has 0 saturated carbocycles. The molecule has 2 atom stereocenters. The second-order valence-electron chi connectivity index (χ2n) is 7.97. The van der Waals surface area contributed by atoms with Crippen molar-refractivity contribution in [1.29, 1.82) is 5.26 Å². The van der Waals surface area contributed by atoms with Gasteiger partial charge in [-0.25, -0.2) is 9.97 Å². The van der Waals surface area contributed by atoms with Gasteiger partial charge in [-0.05, 0) is 44.8 Å². The third kappa shape index (κ3) is 4.42. The number of nitrogens with zero attached hydrogens (tertiary/aromatic N) is 6. The Labute approximate surface area is 171 Å². The maximum Gasteiger partial charge on any atom is 0.134 e. The number of β-amino-alcohol motifs (C(OH)–C–C–N with tert-alkyl or cyclic N) is 1. The lowest BCUT2D eigenvalue weighted by Gasteiger charge is -2.40. The molecule has 2 aliphatic heterocycles. The zero-order valence-electron chi connectivity index (χ0n) is 16.8. The Hall–Kier alpha value is -2.89. The van der Waals surface area contributed by atoms with E-state index < -0.39 is 0 Å². The second kappa shape index (κ2) is 8.23. The number of anilines is 2. The predicted octanol–water partition coefficient (Wildman–Crippen LogP) is 1.12. The lowest BCUT2D eigenvalue weighted by Crippen LogP contribution is -2.54. The Morgan fingerprint density at radius 3 is 2.59 bits per heavy atom. The molecule has 2 saturated heterocycles. The Morgan fingerprint density at radius 1 is 1.17 bits per heavy atom. The van der Waals surface area contributed by atoms with Gasteiger partial charge in [0, 0.05) is 25.2 Å². The quantitative estimate of drug-likeness (QED) is 0.780. The van der Waals surface area contributed by atoms with Gasteiger partial charge in [-0.2, -0.15) is 5.26 Å². The number of aliphatic hydroxyl groups is 1. The van der Waals surface area contributed by atoms with Gasteiger partial charge < -0.3 is 24.5 Å². The first-order chi connectivity index (χ1) is 14.0. The van der Waals surface area contributed by atoms with Crippen molar-refractivity contribution in [1.82, 2.24) is 14.9 Å². The number of ether oxygens (including phenoxy) is 1. The van der Waals surface area contributed by atoms with Crippen LogP contribution in [0.25, 0.3) is 0 Å². The average Bonchev–Trinajstić information content (AvgIpc) is 3.04. The van der Waals surface area contributed by atoms with Crippen molar-refractivity contribution in [3.8, 4) is 11.8 Å². The van der Waals surface area contributed by atoms with Crippen LogP contribution < -0.4 is 14.5 Å². The molecule has 152 valence electrons. The van der Waals surface area contributed by atoms with Crippen molar-refractivity contribution >= 4 is 11.6 Å². The van der Waals surface area contributed by atoms with Crippen LogP contribution in [-0.2, 0) is 0 Å². The van der Waals surface area contributed by atoms with Crippen molar-refractivity contribution < 1.29 is 9.84 Å². The number of hydrogen-bond donors (Lipinski definition) is 1. The molecule has 0 amide bonds. The van der Waals surface area contributed by atoms with E-state index in [1.807, 2.05) is 32.3 Å². The van der Waals surface area contributed by atoms with Gasteiger partial charge in [-0.3, -0.25) is 0 Å². The number of hydrogen-bond acceptors (Lipinski definition) is 8. The molecule has 1 N–H and O–H groups in total. The van der Waals surface area contributed by atoms with Gasteiger partial charge in [0.1, 0.15) is 29.8 Å². The molecule has 8 nitrogen and oxygen atoms in total. The van der Waals surface area contributed by atoms with Crippen molar-refractivity contribution in [2.24, 2.45) is 0 Å². The van der Waals surface area contributed by atoms with Crippen molar-refractivity contribution in [3.05, 3.63) is 42.2 Å². The van der Waals surface area contributed by atoms with Crippen LogP contribution in [0.2, 0.25) is 0 Å². The molecule has 8 heteroatoms. The lowest BCUT2D eigenvalue weighted by molar-refractivity contribution is 0.167. The Bertz CT molecular complexity index is 875. The molecule has 1 aromatic carbocycles. The fourth-order valence-electron chi connectivity index (χ4n) is 3.93. The van der Waals surface area contributed by atoms with Crippen LogP contribution in [0, 0.1) is 11.3 Å². The fourth-order valence-corrected chi connectivity index (χ4v) is 3.93. The third-order valence-corrected chi connectivity index (χ3v) is 5.36. The molecule has 0 spiro atoms. The Morgan fingerprint density at radius 2 is 1.90 bits per heavy atom. The van der Waals surface area contributed by atoms with Gasteiger partial charge in [0.25, 0.3) is 0 Å². The van der Waals surface area contributed by atoms with Crippen LogP contribution in [0.1, 0.15) is 12.0 Å². The van der Waals surface area contributed by atoms with Crippen LogP contribution in [0.3, 0.4) is 0 Å².